The lowest BCUT2D eigenvalue weighted by Gasteiger charge is -2.19. The van der Waals surface area contributed by atoms with Gasteiger partial charge in [0.05, 0.1) is 11.0 Å². The Morgan fingerprint density at radius 2 is 1.71 bits per heavy atom. The normalized spacial score (nSPS) is 17.7. The highest BCUT2D eigenvalue weighted by molar-refractivity contribution is 7.92. The summed E-state index contributed by atoms with van der Waals surface area (Å²) in [6, 6.07) is 0.404. The van der Waals surface area contributed by atoms with Gasteiger partial charge in [-0.2, -0.15) is 0 Å². The molecule has 0 radical (unpaired) electrons. The molecule has 0 fully saturated rings. The summed E-state index contributed by atoms with van der Waals surface area (Å²) in [7, 11) is -2.94. The minimum Gasteiger partial charge on any atom is -0.313 e. The molecule has 104 valence electrons. The lowest BCUT2D eigenvalue weighted by molar-refractivity contribution is 0.497. The largest absolute Gasteiger partial charge is 0.313 e. The Labute approximate surface area is 107 Å². The van der Waals surface area contributed by atoms with Gasteiger partial charge in [0.25, 0.3) is 0 Å². The summed E-state index contributed by atoms with van der Waals surface area (Å²) in [5, 5.41) is 3.02. The summed E-state index contributed by atoms with van der Waals surface area (Å²) in [5.41, 5.74) is 0. The molecule has 0 heterocycles. The van der Waals surface area contributed by atoms with Crippen LogP contribution < -0.4 is 5.32 Å². The maximum absolute atomic E-state index is 12.0. The molecular formula is C13H29NO2S. The Morgan fingerprint density at radius 3 is 2.18 bits per heavy atom. The molecule has 0 spiro atoms. The monoisotopic (exact) mass is 263 g/mol. The first kappa shape index (κ1) is 16.9. The van der Waals surface area contributed by atoms with Crippen LogP contribution in [0.5, 0.6) is 0 Å². The van der Waals surface area contributed by atoms with Crippen LogP contribution in [0.4, 0.5) is 0 Å². The van der Waals surface area contributed by atoms with Crippen LogP contribution in [0.3, 0.4) is 0 Å². The van der Waals surface area contributed by atoms with Crippen LogP contribution in [-0.2, 0) is 9.84 Å². The Morgan fingerprint density at radius 1 is 1.12 bits per heavy atom. The van der Waals surface area contributed by atoms with Gasteiger partial charge in [0.2, 0.25) is 0 Å². The van der Waals surface area contributed by atoms with Gasteiger partial charge in [-0.25, -0.2) is 8.42 Å². The SMILES string of the molecule is CCCC(C)NCC(C)S(=O)(=O)CC(C)CC. The molecule has 0 aliphatic heterocycles. The molecule has 3 atom stereocenters. The molecule has 4 heteroatoms. The minimum absolute atomic E-state index is 0.260. The average Bonchev–Trinajstić information content (AvgIpc) is 2.25. The highest BCUT2D eigenvalue weighted by Crippen LogP contribution is 2.10. The van der Waals surface area contributed by atoms with E-state index in [1.165, 1.54) is 0 Å². The van der Waals surface area contributed by atoms with E-state index in [1.54, 1.807) is 0 Å². The van der Waals surface area contributed by atoms with Crippen molar-refractivity contribution in [3.8, 4) is 0 Å². The number of hydrogen-bond donors (Lipinski definition) is 1. The predicted octanol–water partition coefficient (Wildman–Crippen LogP) is 2.61. The summed E-state index contributed by atoms with van der Waals surface area (Å²) in [5.74, 6) is 0.574. The van der Waals surface area contributed by atoms with Crippen molar-refractivity contribution in [3.05, 3.63) is 0 Å². The zero-order valence-electron chi connectivity index (χ0n) is 12.0. The molecule has 0 saturated carbocycles. The van der Waals surface area contributed by atoms with Crippen LogP contribution in [0.25, 0.3) is 0 Å². The van der Waals surface area contributed by atoms with Crippen molar-refractivity contribution in [2.45, 2.75) is 65.2 Å². The van der Waals surface area contributed by atoms with Crippen molar-refractivity contribution in [2.75, 3.05) is 12.3 Å². The molecule has 0 aliphatic carbocycles. The van der Waals surface area contributed by atoms with E-state index in [1.807, 2.05) is 20.8 Å². The van der Waals surface area contributed by atoms with Gasteiger partial charge in [0.1, 0.15) is 0 Å². The van der Waals surface area contributed by atoms with Crippen LogP contribution in [-0.4, -0.2) is 32.0 Å². The van der Waals surface area contributed by atoms with Gasteiger partial charge >= 0.3 is 0 Å². The Hall–Kier alpha value is -0.0900. The fourth-order valence-electron chi connectivity index (χ4n) is 1.71. The van der Waals surface area contributed by atoms with Crippen LogP contribution in [0.1, 0.15) is 53.9 Å². The molecule has 0 bridgehead atoms. The summed E-state index contributed by atoms with van der Waals surface area (Å²) >= 11 is 0. The van der Waals surface area contributed by atoms with Crippen molar-refractivity contribution >= 4 is 9.84 Å². The third kappa shape index (κ3) is 7.04. The summed E-state index contributed by atoms with van der Waals surface area (Å²) in [4.78, 5) is 0. The zero-order chi connectivity index (χ0) is 13.5. The van der Waals surface area contributed by atoms with Crippen LogP contribution >= 0.6 is 0 Å². The van der Waals surface area contributed by atoms with E-state index in [0.717, 1.165) is 19.3 Å². The Kier molecular flexibility index (Phi) is 8.05. The summed E-state index contributed by atoms with van der Waals surface area (Å²) in [6.07, 6.45) is 3.14. The van der Waals surface area contributed by atoms with Crippen LogP contribution in [0.15, 0.2) is 0 Å². The van der Waals surface area contributed by atoms with Gasteiger partial charge in [-0.1, -0.05) is 33.6 Å². The lowest BCUT2D eigenvalue weighted by atomic mass is 10.2. The quantitative estimate of drug-likeness (QED) is 0.695. The molecule has 0 aromatic rings. The number of sulfone groups is 1. The van der Waals surface area contributed by atoms with Crippen molar-refractivity contribution in [3.63, 3.8) is 0 Å². The van der Waals surface area contributed by atoms with E-state index >= 15 is 0 Å². The molecule has 3 unspecified atom stereocenters. The molecular weight excluding hydrogens is 234 g/mol. The summed E-state index contributed by atoms with van der Waals surface area (Å²) in [6.45, 7) is 10.7. The van der Waals surface area contributed by atoms with Gasteiger partial charge in [0.15, 0.2) is 9.84 Å². The Balaban J connectivity index is 4.16. The molecule has 0 rings (SSSR count). The third-order valence-corrected chi connectivity index (χ3v) is 5.73. The lowest BCUT2D eigenvalue weighted by Crippen LogP contribution is -2.37. The predicted molar refractivity (Wildman–Crippen MR) is 75.1 cm³/mol. The molecule has 17 heavy (non-hydrogen) atoms. The van der Waals surface area contributed by atoms with E-state index in [4.69, 9.17) is 0 Å². The number of hydrogen-bond acceptors (Lipinski definition) is 3. The van der Waals surface area contributed by atoms with E-state index in [2.05, 4.69) is 19.2 Å². The molecule has 0 amide bonds. The van der Waals surface area contributed by atoms with E-state index in [9.17, 15) is 8.42 Å². The second kappa shape index (κ2) is 8.09. The van der Waals surface area contributed by atoms with Gasteiger partial charge < -0.3 is 5.32 Å². The highest BCUT2D eigenvalue weighted by atomic mass is 32.2. The zero-order valence-corrected chi connectivity index (χ0v) is 12.8. The van der Waals surface area contributed by atoms with Gasteiger partial charge in [0, 0.05) is 12.6 Å². The van der Waals surface area contributed by atoms with Gasteiger partial charge in [-0.3, -0.25) is 0 Å². The molecule has 1 N–H and O–H groups in total. The first-order chi connectivity index (χ1) is 7.83. The number of rotatable bonds is 9. The van der Waals surface area contributed by atoms with Crippen LogP contribution in [0, 0.1) is 5.92 Å². The third-order valence-electron chi connectivity index (χ3n) is 3.30. The Bertz CT molecular complexity index is 288. The van der Waals surface area contributed by atoms with E-state index < -0.39 is 9.84 Å². The molecule has 0 aromatic carbocycles. The topological polar surface area (TPSA) is 46.2 Å². The maximum atomic E-state index is 12.0. The summed E-state index contributed by atoms with van der Waals surface area (Å²) < 4.78 is 24.1. The smallest absolute Gasteiger partial charge is 0.154 e. The molecule has 0 saturated heterocycles. The van der Waals surface area contributed by atoms with Crippen molar-refractivity contribution in [1.29, 1.82) is 0 Å². The average molecular weight is 263 g/mol. The van der Waals surface area contributed by atoms with Crippen molar-refractivity contribution in [2.24, 2.45) is 5.92 Å². The van der Waals surface area contributed by atoms with Gasteiger partial charge in [-0.15, -0.1) is 0 Å². The molecule has 3 nitrogen and oxygen atoms in total. The second-order valence-corrected chi connectivity index (χ2v) is 7.72. The molecule has 0 aliphatic rings. The van der Waals surface area contributed by atoms with Gasteiger partial charge in [-0.05, 0) is 26.2 Å². The fourth-order valence-corrected chi connectivity index (χ4v) is 3.42. The molecule has 0 aromatic heterocycles. The van der Waals surface area contributed by atoms with E-state index in [-0.39, 0.29) is 11.2 Å². The highest BCUT2D eigenvalue weighted by Gasteiger charge is 2.22. The van der Waals surface area contributed by atoms with E-state index in [0.29, 0.717) is 18.3 Å². The van der Waals surface area contributed by atoms with Crippen molar-refractivity contribution in [1.82, 2.24) is 5.32 Å². The first-order valence-corrected chi connectivity index (χ1v) is 8.49. The van der Waals surface area contributed by atoms with Crippen molar-refractivity contribution < 1.29 is 8.42 Å². The first-order valence-electron chi connectivity index (χ1n) is 6.78. The minimum atomic E-state index is -2.94. The fraction of sp³-hybridized carbons (Fsp3) is 1.00. The maximum Gasteiger partial charge on any atom is 0.154 e. The van der Waals surface area contributed by atoms with Crippen LogP contribution in [0.2, 0.25) is 0 Å². The second-order valence-electron chi connectivity index (χ2n) is 5.25. The standard InChI is InChI=1S/C13H29NO2S/c1-6-8-12(4)14-9-13(5)17(15,16)10-11(3)7-2/h11-14H,6-10H2,1-5H3. The number of nitrogens with one attached hydrogen (secondary N) is 1.